The van der Waals surface area contributed by atoms with Crippen molar-refractivity contribution in [1.29, 1.82) is 0 Å². The van der Waals surface area contributed by atoms with Crippen LogP contribution < -0.4 is 5.32 Å². The minimum atomic E-state index is -0.786. The van der Waals surface area contributed by atoms with Crippen molar-refractivity contribution in [3.05, 3.63) is 29.3 Å². The van der Waals surface area contributed by atoms with E-state index in [1.54, 1.807) is 6.07 Å². The summed E-state index contributed by atoms with van der Waals surface area (Å²) in [6.45, 7) is 2.95. The fourth-order valence-corrected chi connectivity index (χ4v) is 4.89. The highest BCUT2D eigenvalue weighted by molar-refractivity contribution is 9.12. The highest BCUT2D eigenvalue weighted by Crippen LogP contribution is 2.43. The zero-order valence-electron chi connectivity index (χ0n) is 16.1. The smallest absolute Gasteiger partial charge is 0.326 e. The Kier molecular flexibility index (Phi) is 6.78. The molecule has 1 saturated heterocycles. The summed E-state index contributed by atoms with van der Waals surface area (Å²) in [6.07, 6.45) is 1.07. The number of aryl methyl sites for hydroxylation is 2. The van der Waals surface area contributed by atoms with Gasteiger partial charge in [0.1, 0.15) is 6.54 Å². The van der Waals surface area contributed by atoms with E-state index in [2.05, 4.69) is 37.2 Å². The number of nitrogens with zero attached hydrogens (tertiary/aromatic N) is 1. The van der Waals surface area contributed by atoms with E-state index in [9.17, 15) is 19.2 Å². The van der Waals surface area contributed by atoms with Gasteiger partial charge in [0.25, 0.3) is 5.91 Å². The molecule has 1 aromatic rings. The summed E-state index contributed by atoms with van der Waals surface area (Å²) < 4.78 is 4.97. The molecule has 1 N–H and O–H groups in total. The molecule has 4 atom stereocenters. The topological polar surface area (TPSA) is 92.8 Å². The first kappa shape index (κ1) is 22.0. The van der Waals surface area contributed by atoms with Crippen molar-refractivity contribution >= 4 is 61.2 Å². The molecule has 1 heterocycles. The Morgan fingerprint density at radius 3 is 2.21 bits per heavy atom. The predicted octanol–water partition coefficient (Wildman–Crippen LogP) is 2.71. The number of alkyl halides is 2. The van der Waals surface area contributed by atoms with Gasteiger partial charge in [0, 0.05) is 15.3 Å². The molecule has 1 saturated carbocycles. The number of anilines is 1. The molecule has 0 unspecified atom stereocenters. The van der Waals surface area contributed by atoms with E-state index >= 15 is 0 Å². The molecule has 1 aliphatic carbocycles. The van der Waals surface area contributed by atoms with Crippen molar-refractivity contribution in [3.8, 4) is 0 Å². The summed E-state index contributed by atoms with van der Waals surface area (Å²) in [6, 6.07) is 5.47. The summed E-state index contributed by atoms with van der Waals surface area (Å²) in [4.78, 5) is 50.4. The van der Waals surface area contributed by atoms with Crippen LogP contribution in [0.15, 0.2) is 18.2 Å². The number of rotatable bonds is 5. The van der Waals surface area contributed by atoms with E-state index in [0.29, 0.717) is 18.5 Å². The fourth-order valence-electron chi connectivity index (χ4n) is 3.66. The average Bonchev–Trinajstić information content (AvgIpc) is 2.88. The van der Waals surface area contributed by atoms with E-state index in [4.69, 9.17) is 4.74 Å². The Morgan fingerprint density at radius 2 is 1.66 bits per heavy atom. The molecule has 0 radical (unpaired) electrons. The van der Waals surface area contributed by atoms with Crippen LogP contribution in [0, 0.1) is 25.7 Å². The van der Waals surface area contributed by atoms with Gasteiger partial charge in [-0.15, -0.1) is 0 Å². The Labute approximate surface area is 185 Å². The lowest BCUT2D eigenvalue weighted by molar-refractivity contribution is -0.154. The van der Waals surface area contributed by atoms with E-state index in [1.807, 2.05) is 26.0 Å². The van der Waals surface area contributed by atoms with Gasteiger partial charge in [-0.05, 0) is 49.9 Å². The zero-order valence-corrected chi connectivity index (χ0v) is 19.3. The van der Waals surface area contributed by atoms with Crippen molar-refractivity contribution < 1.29 is 23.9 Å². The van der Waals surface area contributed by atoms with Crippen molar-refractivity contribution in [2.75, 3.05) is 18.5 Å². The SMILES string of the molecule is Cc1ccc(NC(=O)COC(=O)CN2C(=O)[C@H]3C[C@@H](Br)[C@@H](Br)C[C@H]3C2=O)cc1C. The van der Waals surface area contributed by atoms with E-state index < -0.39 is 36.9 Å². The van der Waals surface area contributed by atoms with Crippen LogP contribution in [0.3, 0.4) is 0 Å². The number of hydrogen-bond donors (Lipinski definition) is 1. The Hall–Kier alpha value is -1.74. The molecule has 7 nitrogen and oxygen atoms in total. The molecule has 156 valence electrons. The maximum absolute atomic E-state index is 12.6. The number of amides is 3. The number of ether oxygens (including phenoxy) is 1. The molecular weight excluding hydrogens is 508 g/mol. The van der Waals surface area contributed by atoms with Crippen LogP contribution in [0.2, 0.25) is 0 Å². The van der Waals surface area contributed by atoms with Crippen molar-refractivity contribution in [1.82, 2.24) is 4.90 Å². The summed E-state index contributed by atoms with van der Waals surface area (Å²) in [5.74, 6) is -2.80. The Bertz CT molecular complexity index is 831. The van der Waals surface area contributed by atoms with Gasteiger partial charge in [0.2, 0.25) is 11.8 Å². The number of fused-ring (bicyclic) bond motifs is 1. The number of halogens is 2. The van der Waals surface area contributed by atoms with Gasteiger partial charge >= 0.3 is 5.97 Å². The van der Waals surface area contributed by atoms with Gasteiger partial charge in [-0.3, -0.25) is 24.1 Å². The third-order valence-corrected chi connectivity index (χ3v) is 8.18. The number of carbonyl (C=O) groups excluding carboxylic acids is 4. The first-order valence-corrected chi connectivity index (χ1v) is 11.2. The highest BCUT2D eigenvalue weighted by atomic mass is 79.9. The van der Waals surface area contributed by atoms with Crippen LogP contribution in [0.25, 0.3) is 0 Å². The first-order chi connectivity index (χ1) is 13.7. The summed E-state index contributed by atoms with van der Waals surface area (Å²) in [5, 5.41) is 2.65. The summed E-state index contributed by atoms with van der Waals surface area (Å²) >= 11 is 7.04. The number of likely N-dealkylation sites (tertiary alicyclic amines) is 1. The minimum Gasteiger partial charge on any atom is -0.454 e. The van der Waals surface area contributed by atoms with Gasteiger partial charge in [-0.1, -0.05) is 37.9 Å². The van der Waals surface area contributed by atoms with Crippen LogP contribution in [-0.4, -0.2) is 51.4 Å². The molecule has 1 aromatic carbocycles. The fraction of sp³-hybridized carbons (Fsp3) is 0.500. The number of hydrogen-bond acceptors (Lipinski definition) is 5. The van der Waals surface area contributed by atoms with Gasteiger partial charge in [0.15, 0.2) is 6.61 Å². The van der Waals surface area contributed by atoms with Gasteiger partial charge in [-0.25, -0.2) is 0 Å². The predicted molar refractivity (Wildman–Crippen MR) is 114 cm³/mol. The largest absolute Gasteiger partial charge is 0.454 e. The highest BCUT2D eigenvalue weighted by Gasteiger charge is 2.52. The molecule has 3 amide bonds. The maximum Gasteiger partial charge on any atom is 0.326 e. The molecule has 3 rings (SSSR count). The molecule has 9 heteroatoms. The molecule has 0 spiro atoms. The molecule has 0 aromatic heterocycles. The van der Waals surface area contributed by atoms with Crippen LogP contribution >= 0.6 is 31.9 Å². The van der Waals surface area contributed by atoms with Gasteiger partial charge in [-0.2, -0.15) is 0 Å². The number of esters is 1. The van der Waals surface area contributed by atoms with Crippen molar-refractivity contribution in [3.63, 3.8) is 0 Å². The Morgan fingerprint density at radius 1 is 1.07 bits per heavy atom. The lowest BCUT2D eigenvalue weighted by Gasteiger charge is -2.29. The van der Waals surface area contributed by atoms with Crippen LogP contribution in [0.1, 0.15) is 24.0 Å². The number of benzene rings is 1. The standard InChI is InChI=1S/C20H22Br2N2O5/c1-10-3-4-12(5-11(10)2)23-17(25)9-29-18(26)8-24-19(27)13-6-15(21)16(22)7-14(13)20(24)28/h3-5,13-16H,6-9H2,1-2H3,(H,23,25)/t13-,14+,15+,16-. The molecule has 1 aliphatic heterocycles. The third kappa shape index (κ3) is 4.88. The van der Waals surface area contributed by atoms with Crippen LogP contribution in [-0.2, 0) is 23.9 Å². The van der Waals surface area contributed by atoms with Gasteiger partial charge < -0.3 is 10.1 Å². The second-order valence-corrected chi connectivity index (χ2v) is 9.84. The lowest BCUT2D eigenvalue weighted by Crippen LogP contribution is -2.37. The molecule has 29 heavy (non-hydrogen) atoms. The normalized spacial score (nSPS) is 26.3. The zero-order chi connectivity index (χ0) is 21.3. The second-order valence-electron chi connectivity index (χ2n) is 7.49. The molecule has 0 bridgehead atoms. The van der Waals surface area contributed by atoms with E-state index in [-0.39, 0.29) is 21.5 Å². The van der Waals surface area contributed by atoms with E-state index in [1.165, 1.54) is 0 Å². The quantitative estimate of drug-likeness (QED) is 0.359. The maximum atomic E-state index is 12.6. The molecule has 2 fully saturated rings. The van der Waals surface area contributed by atoms with Crippen molar-refractivity contribution in [2.24, 2.45) is 11.8 Å². The van der Waals surface area contributed by atoms with E-state index in [0.717, 1.165) is 16.0 Å². The van der Waals surface area contributed by atoms with Crippen LogP contribution in [0.4, 0.5) is 5.69 Å². The minimum absolute atomic E-state index is 0.0986. The number of imide groups is 1. The van der Waals surface area contributed by atoms with Crippen LogP contribution in [0.5, 0.6) is 0 Å². The average molecular weight is 530 g/mol. The second kappa shape index (κ2) is 8.95. The monoisotopic (exact) mass is 528 g/mol. The summed E-state index contributed by atoms with van der Waals surface area (Å²) in [7, 11) is 0. The van der Waals surface area contributed by atoms with Crippen molar-refractivity contribution in [2.45, 2.75) is 36.3 Å². The number of nitrogens with one attached hydrogen (secondary N) is 1. The molecule has 2 aliphatic rings. The molecular formula is C20H22Br2N2O5. The summed E-state index contributed by atoms with van der Waals surface area (Å²) in [5.41, 5.74) is 2.74. The first-order valence-electron chi connectivity index (χ1n) is 9.33. The van der Waals surface area contributed by atoms with Gasteiger partial charge in [0.05, 0.1) is 11.8 Å². The number of carbonyl (C=O) groups is 4. The third-order valence-electron chi connectivity index (χ3n) is 5.44. The lowest BCUT2D eigenvalue weighted by atomic mass is 9.81. The Balaban J connectivity index is 1.51.